The van der Waals surface area contributed by atoms with E-state index in [1.165, 1.54) is 11.3 Å². The Balaban J connectivity index is 2.60. The molecule has 0 aliphatic carbocycles. The lowest BCUT2D eigenvalue weighted by atomic mass is 10.7. The summed E-state index contributed by atoms with van der Waals surface area (Å²) in [4.78, 5) is 2.71. The fourth-order valence-corrected chi connectivity index (χ4v) is 4.32. The van der Waals surface area contributed by atoms with Gasteiger partial charge in [-0.25, -0.2) is 8.42 Å². The van der Waals surface area contributed by atoms with Gasteiger partial charge in [-0.15, -0.1) is 11.3 Å². The Morgan fingerprint density at radius 1 is 1.36 bits per heavy atom. The Hall–Kier alpha value is -0.590. The molecule has 0 unspecified atom stereocenters. The molecule has 0 aliphatic heterocycles. The molecule has 2 rings (SSSR count). The maximum Gasteiger partial charge on any atom is 0.232 e. The van der Waals surface area contributed by atoms with Gasteiger partial charge in [-0.1, -0.05) is 6.07 Å². The molecule has 3 nitrogen and oxygen atoms in total. The van der Waals surface area contributed by atoms with E-state index in [2.05, 4.69) is 20.9 Å². The van der Waals surface area contributed by atoms with Crippen LogP contribution in [-0.2, 0) is 9.84 Å². The van der Waals surface area contributed by atoms with Crippen molar-refractivity contribution < 1.29 is 8.42 Å². The van der Waals surface area contributed by atoms with E-state index in [9.17, 15) is 8.42 Å². The van der Waals surface area contributed by atoms with Gasteiger partial charge >= 0.3 is 0 Å². The van der Waals surface area contributed by atoms with Gasteiger partial charge in [-0.3, -0.25) is 0 Å². The Morgan fingerprint density at radius 2 is 2.14 bits per heavy atom. The summed E-state index contributed by atoms with van der Waals surface area (Å²) >= 11 is 4.39. The molecule has 6 heteroatoms. The highest BCUT2D eigenvalue weighted by molar-refractivity contribution is 9.10. The van der Waals surface area contributed by atoms with Gasteiger partial charge in [0.1, 0.15) is 4.21 Å². The summed E-state index contributed by atoms with van der Waals surface area (Å²) in [6, 6.07) is 4.97. The number of H-pyrrole nitrogens is 1. The van der Waals surface area contributed by atoms with Crippen LogP contribution in [0.25, 0.3) is 0 Å². The number of thiophene rings is 1. The largest absolute Gasteiger partial charge is 0.351 e. The summed E-state index contributed by atoms with van der Waals surface area (Å²) in [6.07, 6.45) is 1.59. The summed E-state index contributed by atoms with van der Waals surface area (Å²) in [6.45, 7) is 0. The van der Waals surface area contributed by atoms with Crippen LogP contribution < -0.4 is 0 Å². The highest BCUT2D eigenvalue weighted by Crippen LogP contribution is 2.28. The third-order valence-corrected chi connectivity index (χ3v) is 5.76. The molecular weight excluding hydrogens is 286 g/mol. The molecule has 74 valence electrons. The summed E-state index contributed by atoms with van der Waals surface area (Å²) in [5.74, 6) is 0. The van der Waals surface area contributed by atoms with Crippen molar-refractivity contribution in [3.8, 4) is 0 Å². The Labute approximate surface area is 93.8 Å². The highest BCUT2D eigenvalue weighted by atomic mass is 79.9. The van der Waals surface area contributed by atoms with E-state index in [4.69, 9.17) is 0 Å². The van der Waals surface area contributed by atoms with Crippen molar-refractivity contribution >= 4 is 37.1 Å². The van der Waals surface area contributed by atoms with Crippen LogP contribution in [-0.4, -0.2) is 13.4 Å². The quantitative estimate of drug-likeness (QED) is 0.925. The van der Waals surface area contributed by atoms with Crippen LogP contribution in [0.4, 0.5) is 0 Å². The van der Waals surface area contributed by atoms with E-state index >= 15 is 0 Å². The van der Waals surface area contributed by atoms with Gasteiger partial charge in [-0.05, 0) is 33.4 Å². The van der Waals surface area contributed by atoms with Crippen LogP contribution in [0, 0.1) is 0 Å². The van der Waals surface area contributed by atoms with E-state index in [-0.39, 0.29) is 5.03 Å². The number of nitrogens with one attached hydrogen (secondary N) is 1. The van der Waals surface area contributed by atoms with Gasteiger partial charge in [-0.2, -0.15) is 0 Å². The zero-order valence-corrected chi connectivity index (χ0v) is 10.1. The van der Waals surface area contributed by atoms with Crippen molar-refractivity contribution in [1.82, 2.24) is 4.98 Å². The second-order valence-electron chi connectivity index (χ2n) is 2.59. The molecule has 2 heterocycles. The molecule has 0 aliphatic rings. The summed E-state index contributed by atoms with van der Waals surface area (Å²) in [7, 11) is -3.37. The van der Waals surface area contributed by atoms with Crippen LogP contribution in [0.15, 0.2) is 43.5 Å². The number of hydrogen-bond donors (Lipinski definition) is 1. The highest BCUT2D eigenvalue weighted by Gasteiger charge is 2.22. The number of halogens is 1. The van der Waals surface area contributed by atoms with Crippen molar-refractivity contribution in [2.45, 2.75) is 9.24 Å². The molecule has 2 aromatic heterocycles. The number of aromatic nitrogens is 1. The van der Waals surface area contributed by atoms with Crippen molar-refractivity contribution in [1.29, 1.82) is 0 Å². The minimum atomic E-state index is -3.37. The molecule has 2 aromatic rings. The van der Waals surface area contributed by atoms with E-state index in [1.54, 1.807) is 29.8 Å². The van der Waals surface area contributed by atoms with Gasteiger partial charge in [0.05, 0.1) is 4.47 Å². The lowest BCUT2D eigenvalue weighted by molar-refractivity contribution is 0.594. The number of aromatic amines is 1. The second-order valence-corrected chi connectivity index (χ2v) is 6.51. The molecule has 0 atom stereocenters. The lowest BCUT2D eigenvalue weighted by Crippen LogP contribution is -2.00. The van der Waals surface area contributed by atoms with Crippen molar-refractivity contribution in [2.24, 2.45) is 0 Å². The fourth-order valence-electron chi connectivity index (χ4n) is 1.06. The Morgan fingerprint density at radius 3 is 2.64 bits per heavy atom. The minimum absolute atomic E-state index is 0.208. The van der Waals surface area contributed by atoms with E-state index in [0.717, 1.165) is 0 Å². The van der Waals surface area contributed by atoms with Gasteiger partial charge in [0.25, 0.3) is 0 Å². The van der Waals surface area contributed by atoms with Crippen molar-refractivity contribution in [2.75, 3.05) is 0 Å². The van der Waals surface area contributed by atoms with Crippen LogP contribution >= 0.6 is 27.3 Å². The average Bonchev–Trinajstić information content (AvgIpc) is 2.72. The maximum absolute atomic E-state index is 11.9. The standard InChI is InChI=1S/C8H6BrNO2S2/c9-6-3-4-10-8(6)14(11,12)7-2-1-5-13-7/h1-5,10H. The van der Waals surface area contributed by atoms with E-state index in [0.29, 0.717) is 8.68 Å². The summed E-state index contributed by atoms with van der Waals surface area (Å²) in [5.41, 5.74) is 0. The first-order chi connectivity index (χ1) is 6.62. The van der Waals surface area contributed by atoms with E-state index < -0.39 is 9.84 Å². The molecular formula is C8H6BrNO2S2. The monoisotopic (exact) mass is 291 g/mol. The topological polar surface area (TPSA) is 49.9 Å². The predicted octanol–water partition coefficient (Wildman–Crippen LogP) is 2.67. The average molecular weight is 292 g/mol. The third-order valence-electron chi connectivity index (χ3n) is 1.69. The number of sulfone groups is 1. The van der Waals surface area contributed by atoms with Gasteiger partial charge in [0.15, 0.2) is 5.03 Å². The summed E-state index contributed by atoms with van der Waals surface area (Å²) < 4.78 is 24.8. The number of rotatable bonds is 2. The second kappa shape index (κ2) is 3.52. The van der Waals surface area contributed by atoms with Gasteiger partial charge < -0.3 is 4.98 Å². The van der Waals surface area contributed by atoms with Crippen LogP contribution in [0.2, 0.25) is 0 Å². The molecule has 1 N–H and O–H groups in total. The normalized spacial score (nSPS) is 11.8. The first-order valence-corrected chi connectivity index (χ1v) is 6.89. The van der Waals surface area contributed by atoms with E-state index in [1.807, 2.05) is 0 Å². The SMILES string of the molecule is O=S(=O)(c1cccs1)c1[nH]ccc1Br. The van der Waals surface area contributed by atoms with Gasteiger partial charge in [0, 0.05) is 6.20 Å². The molecule has 0 fully saturated rings. The van der Waals surface area contributed by atoms with Crippen LogP contribution in [0.3, 0.4) is 0 Å². The molecule has 0 amide bonds. The molecule has 0 saturated carbocycles. The Kier molecular flexibility index (Phi) is 2.50. The fraction of sp³-hybridized carbons (Fsp3) is 0. The van der Waals surface area contributed by atoms with Crippen molar-refractivity contribution in [3.63, 3.8) is 0 Å². The number of hydrogen-bond acceptors (Lipinski definition) is 3. The minimum Gasteiger partial charge on any atom is -0.351 e. The molecule has 14 heavy (non-hydrogen) atoms. The predicted molar refractivity (Wildman–Crippen MR) is 58.3 cm³/mol. The molecule has 0 radical (unpaired) electrons. The van der Waals surface area contributed by atoms with Crippen molar-refractivity contribution in [3.05, 3.63) is 34.2 Å². The Bertz CT molecular complexity index is 527. The van der Waals surface area contributed by atoms with Crippen LogP contribution in [0.1, 0.15) is 0 Å². The first-order valence-electron chi connectivity index (χ1n) is 3.74. The zero-order chi connectivity index (χ0) is 10.2. The first kappa shape index (κ1) is 9.95. The third kappa shape index (κ3) is 1.53. The molecule has 0 saturated heterocycles. The molecule has 0 bridgehead atoms. The lowest BCUT2D eigenvalue weighted by Gasteiger charge is -1.98. The zero-order valence-electron chi connectivity index (χ0n) is 6.90. The summed E-state index contributed by atoms with van der Waals surface area (Å²) in [5, 5.41) is 1.95. The van der Waals surface area contributed by atoms with Crippen LogP contribution in [0.5, 0.6) is 0 Å². The molecule has 0 aromatic carbocycles. The molecule has 0 spiro atoms. The van der Waals surface area contributed by atoms with Gasteiger partial charge in [0.2, 0.25) is 9.84 Å². The smallest absolute Gasteiger partial charge is 0.232 e. The maximum atomic E-state index is 11.9.